The van der Waals surface area contributed by atoms with Crippen molar-refractivity contribution in [3.63, 3.8) is 0 Å². The molecule has 0 unspecified atom stereocenters. The van der Waals surface area contributed by atoms with Gasteiger partial charge in [0.15, 0.2) is 5.13 Å². The van der Waals surface area contributed by atoms with E-state index in [1.54, 1.807) is 18.4 Å². The first-order valence-electron chi connectivity index (χ1n) is 14.7. The fraction of sp³-hybridized carbons (Fsp3) is 0.625. The third-order valence-electron chi connectivity index (χ3n) is 10.6. The van der Waals surface area contributed by atoms with Gasteiger partial charge in [-0.3, -0.25) is 4.79 Å². The topological polar surface area (TPSA) is 60.5 Å². The molecule has 1 aromatic heterocycles. The largest absolute Gasteiger partial charge is 0.495 e. The minimum atomic E-state index is 0.0150. The van der Waals surface area contributed by atoms with E-state index in [2.05, 4.69) is 32.2 Å². The van der Waals surface area contributed by atoms with E-state index in [1.807, 2.05) is 24.3 Å². The normalized spacial score (nSPS) is 33.3. The Kier molecular flexibility index (Phi) is 6.82. The van der Waals surface area contributed by atoms with Crippen LogP contribution in [-0.4, -0.2) is 24.2 Å². The number of aryl methyl sites for hydroxylation is 1. The van der Waals surface area contributed by atoms with Crippen molar-refractivity contribution in [2.45, 2.75) is 91.1 Å². The number of fused-ring (bicyclic) bond motifs is 7. The molecule has 2 saturated carbocycles. The number of aromatic nitrogens is 1. The summed E-state index contributed by atoms with van der Waals surface area (Å²) in [6.45, 7) is 7.09. The molecule has 0 bridgehead atoms. The van der Waals surface area contributed by atoms with Crippen LogP contribution in [0.25, 0.3) is 5.57 Å². The molecule has 6 atom stereocenters. The molecule has 0 saturated heterocycles. The number of carbonyl (C=O) groups excluding carboxylic acids is 1. The molecule has 4 aliphatic rings. The van der Waals surface area contributed by atoms with Crippen molar-refractivity contribution in [3.05, 3.63) is 40.9 Å². The maximum absolute atomic E-state index is 12.5. The number of benzene rings is 1. The number of rotatable bonds is 7. The SMILES string of the molecule is CCCCC(=O)O[C@H]1CC[C@H]2[C@@H]3CC=C4c5sc(Nc6ccccc6OC)nc5CC[C@]4(C)[C@H]3CC[C@]12C. The van der Waals surface area contributed by atoms with Gasteiger partial charge in [0.1, 0.15) is 11.9 Å². The molecule has 38 heavy (non-hydrogen) atoms. The first-order chi connectivity index (χ1) is 18.4. The van der Waals surface area contributed by atoms with Gasteiger partial charge in [-0.1, -0.05) is 56.7 Å². The van der Waals surface area contributed by atoms with Crippen LogP contribution in [0, 0.1) is 28.6 Å². The van der Waals surface area contributed by atoms with Crippen LogP contribution in [0.2, 0.25) is 0 Å². The molecule has 2 fully saturated rings. The first-order valence-corrected chi connectivity index (χ1v) is 15.5. The van der Waals surface area contributed by atoms with E-state index in [4.69, 9.17) is 14.5 Å². The molecule has 0 amide bonds. The number of anilines is 2. The van der Waals surface area contributed by atoms with E-state index in [9.17, 15) is 4.79 Å². The molecule has 1 heterocycles. The molecule has 0 aliphatic heterocycles. The van der Waals surface area contributed by atoms with Crippen molar-refractivity contribution in [1.29, 1.82) is 0 Å². The third kappa shape index (κ3) is 4.18. The minimum absolute atomic E-state index is 0.0150. The zero-order chi connectivity index (χ0) is 26.5. The number of ether oxygens (including phenoxy) is 2. The predicted octanol–water partition coefficient (Wildman–Crippen LogP) is 8.18. The molecule has 204 valence electrons. The number of methoxy groups -OCH3 is 1. The Morgan fingerprint density at radius 1 is 1.16 bits per heavy atom. The highest BCUT2D eigenvalue weighted by atomic mass is 32.1. The average molecular weight is 535 g/mol. The number of nitrogens with zero attached hydrogens (tertiary/aromatic N) is 1. The fourth-order valence-corrected chi connectivity index (χ4v) is 9.68. The number of carbonyl (C=O) groups is 1. The third-order valence-corrected chi connectivity index (χ3v) is 11.6. The Hall–Kier alpha value is -2.34. The van der Waals surface area contributed by atoms with Crippen LogP contribution in [0.1, 0.15) is 89.1 Å². The number of thiazole rings is 1. The van der Waals surface area contributed by atoms with Crippen LogP contribution in [0.3, 0.4) is 0 Å². The van der Waals surface area contributed by atoms with Gasteiger partial charge < -0.3 is 14.8 Å². The van der Waals surface area contributed by atoms with Crippen molar-refractivity contribution in [2.75, 3.05) is 12.4 Å². The molecule has 1 N–H and O–H groups in total. The van der Waals surface area contributed by atoms with E-state index in [0.717, 1.165) is 48.7 Å². The van der Waals surface area contributed by atoms with Crippen LogP contribution in [-0.2, 0) is 16.0 Å². The zero-order valence-corrected chi connectivity index (χ0v) is 24.2. The quantitative estimate of drug-likeness (QED) is 0.363. The summed E-state index contributed by atoms with van der Waals surface area (Å²) in [7, 11) is 1.71. The lowest BCUT2D eigenvalue weighted by atomic mass is 9.48. The molecular formula is C32H42N2O3S. The Balaban J connectivity index is 1.23. The van der Waals surface area contributed by atoms with Crippen molar-refractivity contribution in [1.82, 2.24) is 4.98 Å². The molecule has 4 aliphatic carbocycles. The Labute approximate surface area is 231 Å². The highest BCUT2D eigenvalue weighted by molar-refractivity contribution is 7.16. The van der Waals surface area contributed by atoms with Gasteiger partial charge in [-0.25, -0.2) is 4.98 Å². The lowest BCUT2D eigenvalue weighted by Crippen LogP contribution is -2.50. The molecule has 6 heteroatoms. The van der Waals surface area contributed by atoms with Gasteiger partial charge in [0, 0.05) is 11.8 Å². The number of unbranched alkanes of at least 4 members (excludes halogenated alkanes) is 1. The van der Waals surface area contributed by atoms with Gasteiger partial charge in [0.25, 0.3) is 0 Å². The summed E-state index contributed by atoms with van der Waals surface area (Å²) in [5, 5.41) is 4.48. The van der Waals surface area contributed by atoms with Gasteiger partial charge in [-0.15, -0.1) is 0 Å². The first kappa shape index (κ1) is 25.9. The number of esters is 1. The van der Waals surface area contributed by atoms with Crippen molar-refractivity contribution >= 4 is 33.7 Å². The Bertz CT molecular complexity index is 1240. The summed E-state index contributed by atoms with van der Waals surface area (Å²) in [5.74, 6) is 2.87. The van der Waals surface area contributed by atoms with Crippen LogP contribution < -0.4 is 10.1 Å². The monoisotopic (exact) mass is 534 g/mol. The molecule has 1 aromatic carbocycles. The number of para-hydroxylation sites is 2. The second-order valence-electron chi connectivity index (χ2n) is 12.5. The van der Waals surface area contributed by atoms with Crippen molar-refractivity contribution in [2.24, 2.45) is 28.6 Å². The molecule has 2 aromatic rings. The second kappa shape index (κ2) is 10.0. The Morgan fingerprint density at radius 2 is 2.00 bits per heavy atom. The molecule has 0 radical (unpaired) electrons. The maximum atomic E-state index is 12.5. The summed E-state index contributed by atoms with van der Waals surface area (Å²) in [6, 6.07) is 8.04. The van der Waals surface area contributed by atoms with E-state index >= 15 is 0 Å². The number of nitrogens with one attached hydrogen (secondary N) is 1. The van der Waals surface area contributed by atoms with Crippen LogP contribution in [0.5, 0.6) is 5.75 Å². The van der Waals surface area contributed by atoms with Gasteiger partial charge >= 0.3 is 5.97 Å². The van der Waals surface area contributed by atoms with E-state index < -0.39 is 0 Å². The van der Waals surface area contributed by atoms with E-state index in [-0.39, 0.29) is 22.9 Å². The van der Waals surface area contributed by atoms with Crippen molar-refractivity contribution in [3.8, 4) is 5.75 Å². The van der Waals surface area contributed by atoms with Crippen LogP contribution in [0.15, 0.2) is 30.3 Å². The minimum Gasteiger partial charge on any atom is -0.495 e. The maximum Gasteiger partial charge on any atom is 0.306 e. The summed E-state index contributed by atoms with van der Waals surface area (Å²) >= 11 is 1.80. The van der Waals surface area contributed by atoms with Crippen molar-refractivity contribution < 1.29 is 14.3 Å². The average Bonchev–Trinajstić information content (AvgIpc) is 3.47. The predicted molar refractivity (Wildman–Crippen MR) is 154 cm³/mol. The summed E-state index contributed by atoms with van der Waals surface area (Å²) in [6.07, 6.45) is 13.2. The molecule has 6 rings (SSSR count). The summed E-state index contributed by atoms with van der Waals surface area (Å²) in [5.41, 5.74) is 4.06. The molecule has 0 spiro atoms. The zero-order valence-electron chi connectivity index (χ0n) is 23.3. The number of hydrogen-bond donors (Lipinski definition) is 1. The highest BCUT2D eigenvalue weighted by Crippen LogP contribution is 2.66. The van der Waals surface area contributed by atoms with Crippen LogP contribution in [0.4, 0.5) is 10.8 Å². The Morgan fingerprint density at radius 3 is 2.82 bits per heavy atom. The fourth-order valence-electron chi connectivity index (χ4n) is 8.48. The van der Waals surface area contributed by atoms with Crippen LogP contribution >= 0.6 is 11.3 Å². The second-order valence-corrected chi connectivity index (χ2v) is 13.5. The number of allylic oxidation sites excluding steroid dienone is 2. The summed E-state index contributed by atoms with van der Waals surface area (Å²) in [4.78, 5) is 18.9. The standard InChI is InChI=1S/C32H42N2O3S/c1-5-6-11-28(35)37-27-15-14-21-20-12-13-23-29-25(17-19-31(23,2)22(20)16-18-32(21,27)3)34-30(38-29)33-24-9-7-8-10-26(24)36-4/h7-10,13,20-22,27H,5-6,11-12,14-19H2,1-4H3,(H,33,34)/t20-,21-,22-,27-,31+,32-/m0/s1. The van der Waals surface area contributed by atoms with Gasteiger partial charge in [0.2, 0.25) is 0 Å². The van der Waals surface area contributed by atoms with Gasteiger partial charge in [-0.2, -0.15) is 0 Å². The summed E-state index contributed by atoms with van der Waals surface area (Å²) < 4.78 is 11.7. The smallest absolute Gasteiger partial charge is 0.306 e. The highest BCUT2D eigenvalue weighted by Gasteiger charge is 2.60. The lowest BCUT2D eigenvalue weighted by Gasteiger charge is -2.56. The molecule has 5 nitrogen and oxygen atoms in total. The van der Waals surface area contributed by atoms with E-state index in [1.165, 1.54) is 41.8 Å². The van der Waals surface area contributed by atoms with Gasteiger partial charge in [-0.05, 0) is 92.2 Å². The van der Waals surface area contributed by atoms with Gasteiger partial charge in [0.05, 0.1) is 23.4 Å². The van der Waals surface area contributed by atoms with E-state index in [0.29, 0.717) is 24.2 Å². The molecular weight excluding hydrogens is 492 g/mol. The lowest BCUT2D eigenvalue weighted by molar-refractivity contribution is -0.159. The number of hydrogen-bond acceptors (Lipinski definition) is 6.